The number of thiophene rings is 1. The highest BCUT2D eigenvalue weighted by molar-refractivity contribution is 7.21. The monoisotopic (exact) mass is 483 g/mol. The van der Waals surface area contributed by atoms with Crippen LogP contribution in [-0.4, -0.2) is 17.8 Å². The molecule has 0 saturated carbocycles. The molecule has 2 aromatic carbocycles. The number of cyclic esters (lactones) is 1. The molecular weight excluding hydrogens is 473 g/mol. The number of carbonyl (C=O) groups excluding carboxylic acids is 2. The predicted octanol–water partition coefficient (Wildman–Crippen LogP) is 6.36. The lowest BCUT2D eigenvalue weighted by molar-refractivity contribution is -0.130. The summed E-state index contributed by atoms with van der Waals surface area (Å²) in [6.45, 7) is 0. The molecule has 5 rings (SSSR count). The highest BCUT2D eigenvalue weighted by Crippen LogP contribution is 2.37. The summed E-state index contributed by atoms with van der Waals surface area (Å²) in [6, 6.07) is 15.3. The lowest BCUT2D eigenvalue weighted by Gasteiger charge is -2.07. The second-order valence-electron chi connectivity index (χ2n) is 6.63. The van der Waals surface area contributed by atoms with Crippen LogP contribution in [0.2, 0.25) is 10.0 Å². The van der Waals surface area contributed by atoms with Gasteiger partial charge in [-0.15, -0.1) is 11.3 Å². The molecule has 6 nitrogen and oxygen atoms in total. The van der Waals surface area contributed by atoms with Gasteiger partial charge in [-0.1, -0.05) is 47.5 Å². The lowest BCUT2D eigenvalue weighted by atomic mass is 10.1. The molecule has 0 aliphatic carbocycles. The first-order chi connectivity index (χ1) is 15.5. The summed E-state index contributed by atoms with van der Waals surface area (Å²) >= 11 is 13.6. The van der Waals surface area contributed by atoms with Gasteiger partial charge >= 0.3 is 11.9 Å². The quantitative estimate of drug-likeness (QED) is 0.191. The molecule has 3 heterocycles. The second-order valence-corrected chi connectivity index (χ2v) is 8.49. The van der Waals surface area contributed by atoms with Crippen LogP contribution in [0.25, 0.3) is 16.2 Å². The van der Waals surface area contributed by atoms with E-state index < -0.39 is 11.9 Å². The van der Waals surface area contributed by atoms with E-state index in [1.165, 1.54) is 23.7 Å². The van der Waals surface area contributed by atoms with Crippen molar-refractivity contribution in [2.24, 2.45) is 4.99 Å². The van der Waals surface area contributed by atoms with Crippen LogP contribution in [0.3, 0.4) is 0 Å². The third-order valence-corrected chi connectivity index (χ3v) is 6.42. The number of nitrogens with zero attached hydrogens (tertiary/aromatic N) is 1. The molecule has 9 heteroatoms. The summed E-state index contributed by atoms with van der Waals surface area (Å²) in [6.07, 6.45) is 2.93. The van der Waals surface area contributed by atoms with Gasteiger partial charge in [0.1, 0.15) is 10.6 Å². The van der Waals surface area contributed by atoms with Crippen LogP contribution in [-0.2, 0) is 9.53 Å². The maximum Gasteiger partial charge on any atom is 0.363 e. The molecule has 0 unspecified atom stereocenters. The average Bonchev–Trinajstić information content (AvgIpc) is 3.50. The van der Waals surface area contributed by atoms with E-state index in [1.54, 1.807) is 54.6 Å². The summed E-state index contributed by atoms with van der Waals surface area (Å²) < 4.78 is 16.7. The Morgan fingerprint density at radius 3 is 2.75 bits per heavy atom. The third-order valence-electron chi connectivity index (χ3n) is 4.54. The Bertz CT molecular complexity index is 1440. The van der Waals surface area contributed by atoms with Crippen LogP contribution >= 0.6 is 34.5 Å². The zero-order valence-corrected chi connectivity index (χ0v) is 18.3. The number of hydrogen-bond acceptors (Lipinski definition) is 7. The van der Waals surface area contributed by atoms with Gasteiger partial charge in [0.2, 0.25) is 0 Å². The molecule has 2 aromatic heterocycles. The van der Waals surface area contributed by atoms with Gasteiger partial charge < -0.3 is 13.9 Å². The van der Waals surface area contributed by atoms with Crippen LogP contribution in [0.1, 0.15) is 21.0 Å². The molecule has 0 radical (unpaired) electrons. The minimum Gasteiger partial charge on any atom is -0.459 e. The number of furan rings is 1. The van der Waals surface area contributed by atoms with Crippen molar-refractivity contribution in [3.8, 4) is 5.75 Å². The maximum absolute atomic E-state index is 12.9. The Hall–Kier alpha value is -3.39. The molecule has 4 aromatic rings. The fourth-order valence-corrected chi connectivity index (χ4v) is 4.73. The molecule has 1 aliphatic rings. The van der Waals surface area contributed by atoms with Crippen molar-refractivity contribution >= 4 is 68.5 Å². The van der Waals surface area contributed by atoms with Gasteiger partial charge in [-0.2, -0.15) is 0 Å². The number of fused-ring (bicyclic) bond motifs is 1. The van der Waals surface area contributed by atoms with Gasteiger partial charge in [-0.05, 0) is 36.4 Å². The Morgan fingerprint density at radius 2 is 1.94 bits per heavy atom. The summed E-state index contributed by atoms with van der Waals surface area (Å²) in [4.78, 5) is 29.5. The van der Waals surface area contributed by atoms with Crippen molar-refractivity contribution in [1.82, 2.24) is 0 Å². The summed E-state index contributed by atoms with van der Waals surface area (Å²) in [5.41, 5.74) is 0.520. The lowest BCUT2D eigenvalue weighted by Crippen LogP contribution is -2.08. The molecule has 1 aliphatic heterocycles. The van der Waals surface area contributed by atoms with E-state index in [0.717, 1.165) is 10.1 Å². The number of ether oxygens (including phenoxy) is 2. The van der Waals surface area contributed by atoms with Crippen LogP contribution in [0.5, 0.6) is 5.75 Å². The van der Waals surface area contributed by atoms with Crippen LogP contribution in [0.15, 0.2) is 76.0 Å². The van der Waals surface area contributed by atoms with Gasteiger partial charge in [0.25, 0.3) is 5.90 Å². The fraction of sp³-hybridized carbons (Fsp3) is 0. The van der Waals surface area contributed by atoms with Gasteiger partial charge in [-0.3, -0.25) is 0 Å². The zero-order valence-electron chi connectivity index (χ0n) is 16.0. The number of esters is 2. The fourth-order valence-electron chi connectivity index (χ4n) is 3.07. The number of rotatable bonds is 4. The number of hydrogen-bond donors (Lipinski definition) is 0. The first-order valence-electron chi connectivity index (χ1n) is 9.25. The van der Waals surface area contributed by atoms with Crippen molar-refractivity contribution < 1.29 is 23.5 Å². The SMILES string of the molecule is O=C1OC(c2ccco2)=N/C1=C/c1ccccc1OC(=O)c1sc2cc(Cl)ccc2c1Cl. The number of para-hydroxylation sites is 1. The minimum absolute atomic E-state index is 0.0504. The summed E-state index contributed by atoms with van der Waals surface area (Å²) in [7, 11) is 0. The van der Waals surface area contributed by atoms with Crippen molar-refractivity contribution in [3.05, 3.63) is 92.8 Å². The summed E-state index contributed by atoms with van der Waals surface area (Å²) in [5.74, 6) is -0.614. The van der Waals surface area contributed by atoms with E-state index in [1.807, 2.05) is 0 Å². The van der Waals surface area contributed by atoms with E-state index in [9.17, 15) is 9.59 Å². The van der Waals surface area contributed by atoms with Gasteiger partial charge in [-0.25, -0.2) is 14.6 Å². The maximum atomic E-state index is 12.9. The Labute approximate surface area is 195 Å². The third kappa shape index (κ3) is 3.82. The first kappa shape index (κ1) is 20.5. The standard InChI is InChI=1S/C23H11Cl2NO5S/c24-13-7-8-14-18(11-13)32-20(19(14)25)23(28)30-16-5-2-1-4-12(16)10-15-22(27)31-21(26-15)17-6-3-9-29-17/h1-11H/b15-10+. The van der Waals surface area contributed by atoms with Gasteiger partial charge in [0, 0.05) is 20.7 Å². The van der Waals surface area contributed by atoms with Crippen LogP contribution in [0.4, 0.5) is 0 Å². The van der Waals surface area contributed by atoms with Crippen molar-refractivity contribution in [2.45, 2.75) is 0 Å². The van der Waals surface area contributed by atoms with E-state index in [0.29, 0.717) is 21.4 Å². The molecule has 0 spiro atoms. The average molecular weight is 484 g/mol. The van der Waals surface area contributed by atoms with Gasteiger partial charge in [0.05, 0.1) is 11.3 Å². The van der Waals surface area contributed by atoms with E-state index in [4.69, 9.17) is 37.1 Å². The van der Waals surface area contributed by atoms with Crippen LogP contribution < -0.4 is 4.74 Å². The first-order valence-corrected chi connectivity index (χ1v) is 10.8. The molecule has 0 amide bonds. The topological polar surface area (TPSA) is 78.1 Å². The molecule has 0 bridgehead atoms. The number of aliphatic imine (C=N–C) groups is 1. The molecule has 0 atom stereocenters. The molecule has 0 fully saturated rings. The number of benzene rings is 2. The Morgan fingerprint density at radius 1 is 1.09 bits per heavy atom. The van der Waals surface area contributed by atoms with Crippen molar-refractivity contribution in [3.63, 3.8) is 0 Å². The molecule has 158 valence electrons. The predicted molar refractivity (Wildman–Crippen MR) is 123 cm³/mol. The van der Waals surface area contributed by atoms with E-state index in [2.05, 4.69) is 4.99 Å². The van der Waals surface area contributed by atoms with E-state index in [-0.39, 0.29) is 22.2 Å². The highest BCUT2D eigenvalue weighted by Gasteiger charge is 2.26. The minimum atomic E-state index is -0.637. The largest absolute Gasteiger partial charge is 0.459 e. The second kappa shape index (κ2) is 8.27. The Kier molecular flexibility index (Phi) is 5.30. The van der Waals surface area contributed by atoms with Gasteiger partial charge in [0.15, 0.2) is 11.5 Å². The van der Waals surface area contributed by atoms with Crippen LogP contribution in [0, 0.1) is 0 Å². The molecule has 0 N–H and O–H groups in total. The highest BCUT2D eigenvalue weighted by atomic mass is 35.5. The van der Waals surface area contributed by atoms with Crippen molar-refractivity contribution in [1.29, 1.82) is 0 Å². The molecular formula is C23H11Cl2NO5S. The molecule has 32 heavy (non-hydrogen) atoms. The Balaban J connectivity index is 1.46. The zero-order chi connectivity index (χ0) is 22.2. The summed E-state index contributed by atoms with van der Waals surface area (Å²) in [5, 5.41) is 1.57. The smallest absolute Gasteiger partial charge is 0.363 e. The normalized spacial score (nSPS) is 14.6. The molecule has 0 saturated heterocycles. The van der Waals surface area contributed by atoms with E-state index >= 15 is 0 Å². The van der Waals surface area contributed by atoms with Crippen molar-refractivity contribution in [2.75, 3.05) is 0 Å². The number of halogens is 2. The number of carbonyl (C=O) groups is 2.